The van der Waals surface area contributed by atoms with Gasteiger partial charge in [-0.1, -0.05) is 17.7 Å². The lowest BCUT2D eigenvalue weighted by atomic mass is 10.3. The van der Waals surface area contributed by atoms with Crippen molar-refractivity contribution in [2.24, 2.45) is 0 Å². The number of ether oxygens (including phenoxy) is 1. The minimum Gasteiger partial charge on any atom is -0.378 e. The Hall–Kier alpha value is -1.59. The van der Waals surface area contributed by atoms with E-state index in [0.29, 0.717) is 37.0 Å². The molecular formula is C13H15ClN2O3. The van der Waals surface area contributed by atoms with Crippen molar-refractivity contribution in [3.63, 3.8) is 0 Å². The maximum Gasteiger partial charge on any atom is 0.233 e. The molecular weight excluding hydrogens is 268 g/mol. The Morgan fingerprint density at radius 1 is 1.32 bits per heavy atom. The second-order valence-electron chi connectivity index (χ2n) is 4.23. The highest BCUT2D eigenvalue weighted by Gasteiger charge is 2.19. The zero-order valence-electron chi connectivity index (χ0n) is 10.4. The lowest BCUT2D eigenvalue weighted by molar-refractivity contribution is -0.138. The van der Waals surface area contributed by atoms with Crippen molar-refractivity contribution in [2.45, 2.75) is 6.42 Å². The van der Waals surface area contributed by atoms with Crippen LogP contribution in [-0.2, 0) is 14.3 Å². The van der Waals surface area contributed by atoms with Gasteiger partial charge in [0.05, 0.1) is 13.2 Å². The molecule has 0 bridgehead atoms. The molecule has 0 aliphatic carbocycles. The van der Waals surface area contributed by atoms with Crippen LogP contribution in [0.1, 0.15) is 6.42 Å². The van der Waals surface area contributed by atoms with Crippen molar-refractivity contribution in [1.82, 2.24) is 4.90 Å². The highest BCUT2D eigenvalue weighted by molar-refractivity contribution is 6.30. The summed E-state index contributed by atoms with van der Waals surface area (Å²) < 4.78 is 5.15. The average molecular weight is 283 g/mol. The first-order valence-corrected chi connectivity index (χ1v) is 6.44. The summed E-state index contributed by atoms with van der Waals surface area (Å²) in [6, 6.07) is 6.82. The van der Waals surface area contributed by atoms with Crippen LogP contribution in [-0.4, -0.2) is 43.0 Å². The molecule has 1 aliphatic heterocycles. The number of hydrogen-bond donors (Lipinski definition) is 1. The Balaban J connectivity index is 1.85. The molecule has 1 fully saturated rings. The van der Waals surface area contributed by atoms with Crippen LogP contribution in [0, 0.1) is 0 Å². The number of nitrogens with zero attached hydrogens (tertiary/aromatic N) is 1. The zero-order chi connectivity index (χ0) is 13.7. The van der Waals surface area contributed by atoms with Crippen LogP contribution in [0.4, 0.5) is 5.69 Å². The molecule has 0 unspecified atom stereocenters. The van der Waals surface area contributed by atoms with Gasteiger partial charge in [0.2, 0.25) is 11.8 Å². The van der Waals surface area contributed by atoms with Crippen molar-refractivity contribution >= 4 is 29.1 Å². The maximum absolute atomic E-state index is 11.8. The fourth-order valence-electron chi connectivity index (χ4n) is 1.83. The molecule has 1 aromatic rings. The molecule has 0 saturated carbocycles. The van der Waals surface area contributed by atoms with Gasteiger partial charge in [-0.15, -0.1) is 0 Å². The van der Waals surface area contributed by atoms with Gasteiger partial charge < -0.3 is 15.0 Å². The second kappa shape index (κ2) is 6.54. The smallest absolute Gasteiger partial charge is 0.233 e. The minimum absolute atomic E-state index is 0.160. The van der Waals surface area contributed by atoms with E-state index in [1.807, 2.05) is 0 Å². The van der Waals surface area contributed by atoms with Gasteiger partial charge in [-0.25, -0.2) is 0 Å². The van der Waals surface area contributed by atoms with E-state index in [2.05, 4.69) is 5.32 Å². The van der Waals surface area contributed by atoms with E-state index in [0.717, 1.165) is 0 Å². The van der Waals surface area contributed by atoms with Crippen LogP contribution in [0.25, 0.3) is 0 Å². The number of anilines is 1. The number of carbonyl (C=O) groups excluding carboxylic acids is 2. The topological polar surface area (TPSA) is 58.6 Å². The van der Waals surface area contributed by atoms with Crippen molar-refractivity contribution < 1.29 is 14.3 Å². The van der Waals surface area contributed by atoms with Crippen molar-refractivity contribution in [3.05, 3.63) is 29.3 Å². The van der Waals surface area contributed by atoms with Crippen LogP contribution >= 0.6 is 11.6 Å². The molecule has 2 rings (SSSR count). The molecule has 0 atom stereocenters. The summed E-state index contributed by atoms with van der Waals surface area (Å²) in [5, 5.41) is 3.19. The van der Waals surface area contributed by atoms with Gasteiger partial charge in [0.25, 0.3) is 0 Å². The number of rotatable bonds is 3. The Labute approximate surface area is 116 Å². The highest BCUT2D eigenvalue weighted by atomic mass is 35.5. The van der Waals surface area contributed by atoms with E-state index in [9.17, 15) is 9.59 Å². The van der Waals surface area contributed by atoms with Crippen LogP contribution in [0.3, 0.4) is 0 Å². The molecule has 19 heavy (non-hydrogen) atoms. The first-order valence-electron chi connectivity index (χ1n) is 6.06. The number of amides is 2. The first kappa shape index (κ1) is 13.8. The fraction of sp³-hybridized carbons (Fsp3) is 0.385. The van der Waals surface area contributed by atoms with Gasteiger partial charge in [0.1, 0.15) is 6.42 Å². The molecule has 1 saturated heterocycles. The van der Waals surface area contributed by atoms with Crippen molar-refractivity contribution in [2.75, 3.05) is 31.6 Å². The predicted molar refractivity (Wildman–Crippen MR) is 72.1 cm³/mol. The van der Waals surface area contributed by atoms with Gasteiger partial charge in [-0.2, -0.15) is 0 Å². The summed E-state index contributed by atoms with van der Waals surface area (Å²) in [5.74, 6) is -0.512. The molecule has 0 spiro atoms. The van der Waals surface area contributed by atoms with Crippen molar-refractivity contribution in [1.29, 1.82) is 0 Å². The number of halogens is 1. The quantitative estimate of drug-likeness (QED) is 0.856. The van der Waals surface area contributed by atoms with Crippen LogP contribution in [0.15, 0.2) is 24.3 Å². The Bertz CT molecular complexity index is 473. The van der Waals surface area contributed by atoms with E-state index >= 15 is 0 Å². The summed E-state index contributed by atoms with van der Waals surface area (Å²) in [4.78, 5) is 25.2. The average Bonchev–Trinajstić information content (AvgIpc) is 2.39. The molecule has 6 heteroatoms. The van der Waals surface area contributed by atoms with Gasteiger partial charge >= 0.3 is 0 Å². The number of morpholine rings is 1. The summed E-state index contributed by atoms with van der Waals surface area (Å²) in [6.45, 7) is 2.15. The number of nitrogens with one attached hydrogen (secondary N) is 1. The molecule has 5 nitrogen and oxygen atoms in total. The summed E-state index contributed by atoms with van der Waals surface area (Å²) >= 11 is 5.82. The Morgan fingerprint density at radius 2 is 2.05 bits per heavy atom. The summed E-state index contributed by atoms with van der Waals surface area (Å²) in [7, 11) is 0. The van der Waals surface area contributed by atoms with E-state index < -0.39 is 0 Å². The lowest BCUT2D eigenvalue weighted by Gasteiger charge is -2.26. The standard InChI is InChI=1S/C13H15ClN2O3/c14-10-2-1-3-11(8-10)15-12(17)9-13(18)16-4-6-19-7-5-16/h1-3,8H,4-7,9H2,(H,15,17). The number of benzene rings is 1. The molecule has 102 valence electrons. The minimum atomic E-state index is -0.334. The Kier molecular flexibility index (Phi) is 4.76. The molecule has 1 aliphatic rings. The zero-order valence-corrected chi connectivity index (χ0v) is 11.2. The number of hydrogen-bond acceptors (Lipinski definition) is 3. The van der Waals surface area contributed by atoms with E-state index in [-0.39, 0.29) is 18.2 Å². The third-order valence-electron chi connectivity index (χ3n) is 2.78. The lowest BCUT2D eigenvalue weighted by Crippen LogP contribution is -2.41. The maximum atomic E-state index is 11.8. The Morgan fingerprint density at radius 3 is 2.74 bits per heavy atom. The first-order chi connectivity index (χ1) is 9.15. The fourth-order valence-corrected chi connectivity index (χ4v) is 2.02. The summed E-state index contributed by atoms with van der Waals surface area (Å²) in [6.07, 6.45) is -0.160. The number of carbonyl (C=O) groups is 2. The summed E-state index contributed by atoms with van der Waals surface area (Å²) in [5.41, 5.74) is 0.590. The van der Waals surface area contributed by atoms with Gasteiger partial charge in [0, 0.05) is 23.8 Å². The largest absolute Gasteiger partial charge is 0.378 e. The molecule has 0 radical (unpaired) electrons. The molecule has 1 heterocycles. The van der Waals surface area contributed by atoms with E-state index in [4.69, 9.17) is 16.3 Å². The van der Waals surface area contributed by atoms with E-state index in [1.165, 1.54) is 0 Å². The third-order valence-corrected chi connectivity index (χ3v) is 3.02. The van der Waals surface area contributed by atoms with E-state index in [1.54, 1.807) is 29.2 Å². The second-order valence-corrected chi connectivity index (χ2v) is 4.66. The molecule has 0 aromatic heterocycles. The monoisotopic (exact) mass is 282 g/mol. The van der Waals surface area contributed by atoms with Crippen LogP contribution in [0.5, 0.6) is 0 Å². The highest BCUT2D eigenvalue weighted by Crippen LogP contribution is 2.15. The SMILES string of the molecule is O=C(CC(=O)N1CCOCC1)Nc1cccc(Cl)c1. The van der Waals surface area contributed by atoms with Gasteiger partial charge in [-0.3, -0.25) is 9.59 Å². The molecule has 1 aromatic carbocycles. The van der Waals surface area contributed by atoms with Crippen molar-refractivity contribution in [3.8, 4) is 0 Å². The predicted octanol–water partition coefficient (Wildman–Crippen LogP) is 1.53. The van der Waals surface area contributed by atoms with Gasteiger partial charge in [-0.05, 0) is 18.2 Å². The van der Waals surface area contributed by atoms with Crippen LogP contribution < -0.4 is 5.32 Å². The third kappa shape index (κ3) is 4.22. The normalized spacial score (nSPS) is 15.1. The molecule has 1 N–H and O–H groups in total. The van der Waals surface area contributed by atoms with Gasteiger partial charge in [0.15, 0.2) is 0 Å². The molecule has 2 amide bonds. The van der Waals surface area contributed by atoms with Crippen LogP contribution in [0.2, 0.25) is 5.02 Å².